The lowest BCUT2D eigenvalue weighted by Gasteiger charge is -2.34. The summed E-state index contributed by atoms with van der Waals surface area (Å²) in [5.74, 6) is 6.13. The van der Waals surface area contributed by atoms with Gasteiger partial charge in [-0.3, -0.25) is 0 Å². The zero-order chi connectivity index (χ0) is 70.7. The Bertz CT molecular complexity index is 3700. The van der Waals surface area contributed by atoms with E-state index in [1.807, 2.05) is 45.3 Å². The van der Waals surface area contributed by atoms with Crippen LogP contribution in [0.1, 0.15) is 305 Å². The minimum atomic E-state index is -0.636. The van der Waals surface area contributed by atoms with Gasteiger partial charge < -0.3 is 18.9 Å². The standard InChI is InChI=1S/C92H120O4S6/c1-9-17-25-29-37-65(33-21-13-5)61-93-73-49-41-69(42-50-73)91(70-43-51-74(52-44-70)94-62-66(34-22-14-6)38-30-26-18-10-2)79-83-77(57-59-97-83)99-85(79)87-81(91)89-90(101-87)82-88(102-89)86-80(84-78(100-86)58-60-98-84)92(82,71-45-53-75(54-46-71)95-63-67(35-23-15-7)39-31-27-19-11-3)72-47-55-76(56-48-72)96-64-68(36-24-16-8)40-32-28-20-12-4/h41-60,65-68H,9-40,61-64H2,1-8H3. The van der Waals surface area contributed by atoms with Crippen LogP contribution in [0, 0.1) is 23.7 Å². The van der Waals surface area contributed by atoms with Crippen LogP contribution in [0.5, 0.6) is 23.0 Å². The van der Waals surface area contributed by atoms with Crippen molar-refractivity contribution in [1.29, 1.82) is 0 Å². The number of hydrogen-bond donors (Lipinski definition) is 0. The van der Waals surface area contributed by atoms with Crippen molar-refractivity contribution in [1.82, 2.24) is 0 Å². The number of ether oxygens (including phenoxy) is 4. The molecule has 10 heteroatoms. The molecule has 4 atom stereocenters. The third kappa shape index (κ3) is 16.9. The monoisotopic (exact) mass is 1480 g/mol. The largest absolute Gasteiger partial charge is 0.493 e. The lowest BCUT2D eigenvalue weighted by molar-refractivity contribution is 0.225. The molecule has 6 aromatic heterocycles. The van der Waals surface area contributed by atoms with Crippen molar-refractivity contribution in [2.24, 2.45) is 23.7 Å². The lowest BCUT2D eigenvalue weighted by atomic mass is 9.67. The summed E-state index contributed by atoms with van der Waals surface area (Å²) < 4.78 is 36.2. The van der Waals surface area contributed by atoms with Crippen LogP contribution in [-0.4, -0.2) is 26.4 Å². The van der Waals surface area contributed by atoms with Crippen molar-refractivity contribution < 1.29 is 18.9 Å². The van der Waals surface area contributed by atoms with Crippen molar-refractivity contribution in [3.8, 4) is 42.5 Å². The molecule has 2 aliphatic rings. The molecule has 0 bridgehead atoms. The maximum Gasteiger partial charge on any atom is 0.119 e. The zero-order valence-electron chi connectivity index (χ0n) is 63.4. The average molecular weight is 1480 g/mol. The van der Waals surface area contributed by atoms with E-state index in [4.69, 9.17) is 18.9 Å². The fraction of sp³-hybridized carbons (Fsp3) is 0.543. The highest BCUT2D eigenvalue weighted by Crippen LogP contribution is 2.72. The minimum absolute atomic E-state index is 0.564. The predicted octanol–water partition coefficient (Wildman–Crippen LogP) is 30.9. The number of rotatable bonds is 48. The first-order chi connectivity index (χ1) is 50.3. The molecule has 0 saturated carbocycles. The first kappa shape index (κ1) is 76.7. The fourth-order valence-electron chi connectivity index (χ4n) is 17.0. The van der Waals surface area contributed by atoms with E-state index < -0.39 is 10.8 Å². The predicted molar refractivity (Wildman–Crippen MR) is 450 cm³/mol. The second-order valence-corrected chi connectivity index (χ2v) is 36.4. The summed E-state index contributed by atoms with van der Waals surface area (Å²) in [6.45, 7) is 21.7. The van der Waals surface area contributed by atoms with Crippen LogP contribution in [0.25, 0.3) is 47.7 Å². The summed E-state index contributed by atoms with van der Waals surface area (Å²) in [6.07, 6.45) is 40.5. The Morgan fingerprint density at radius 2 is 0.490 bits per heavy atom. The summed E-state index contributed by atoms with van der Waals surface area (Å²) in [5, 5.41) is 4.67. The van der Waals surface area contributed by atoms with Crippen molar-refractivity contribution in [3.05, 3.63) is 164 Å². The second kappa shape index (κ2) is 38.0. The van der Waals surface area contributed by atoms with Gasteiger partial charge in [-0.25, -0.2) is 0 Å². The van der Waals surface area contributed by atoms with Crippen LogP contribution in [0.2, 0.25) is 0 Å². The number of thiophene rings is 6. The molecular weight excluding hydrogens is 1360 g/mol. The van der Waals surface area contributed by atoms with Crippen LogP contribution in [0.4, 0.5) is 0 Å². The maximum absolute atomic E-state index is 6.95. The van der Waals surface area contributed by atoms with Gasteiger partial charge in [-0.2, -0.15) is 0 Å². The van der Waals surface area contributed by atoms with E-state index >= 15 is 0 Å². The highest BCUT2D eigenvalue weighted by Gasteiger charge is 2.56. The van der Waals surface area contributed by atoms with Crippen LogP contribution in [-0.2, 0) is 10.8 Å². The molecule has 0 radical (unpaired) electrons. The van der Waals surface area contributed by atoms with E-state index in [0.717, 1.165) is 49.4 Å². The van der Waals surface area contributed by atoms with Crippen LogP contribution in [0.3, 0.4) is 0 Å². The van der Waals surface area contributed by atoms with Gasteiger partial charge in [0.25, 0.3) is 0 Å². The van der Waals surface area contributed by atoms with Crippen molar-refractivity contribution >= 4 is 96.2 Å². The highest BCUT2D eigenvalue weighted by molar-refractivity contribution is 7.37. The van der Waals surface area contributed by atoms with Gasteiger partial charge in [0.15, 0.2) is 0 Å². The molecule has 4 nitrogen and oxygen atoms in total. The molecular formula is C92H120O4S6. The maximum atomic E-state index is 6.95. The molecule has 4 aromatic carbocycles. The molecule has 548 valence electrons. The van der Waals surface area contributed by atoms with Gasteiger partial charge in [-0.1, -0.05) is 258 Å². The van der Waals surface area contributed by atoms with Crippen molar-refractivity contribution in [3.63, 3.8) is 0 Å². The van der Waals surface area contributed by atoms with Crippen molar-refractivity contribution in [2.75, 3.05) is 26.4 Å². The molecule has 0 amide bonds. The van der Waals surface area contributed by atoms with E-state index in [1.54, 1.807) is 0 Å². The van der Waals surface area contributed by atoms with E-state index in [-0.39, 0.29) is 0 Å². The van der Waals surface area contributed by atoms with Crippen molar-refractivity contribution in [2.45, 2.75) is 272 Å². The number of benzene rings is 4. The average Bonchev–Trinajstić information content (AvgIpc) is 1.48. The van der Waals surface area contributed by atoms with Gasteiger partial charge in [0.2, 0.25) is 0 Å². The summed E-state index contributed by atoms with van der Waals surface area (Å²) in [7, 11) is 0. The Hall–Kier alpha value is -4.94. The molecule has 0 saturated heterocycles. The highest BCUT2D eigenvalue weighted by atomic mass is 32.1. The lowest BCUT2D eigenvalue weighted by Crippen LogP contribution is -2.29. The third-order valence-electron chi connectivity index (χ3n) is 22.8. The normalized spacial score (nSPS) is 16.6. The molecule has 0 spiro atoms. The summed E-state index contributed by atoms with van der Waals surface area (Å²) >= 11 is 12.0. The third-order valence-corrected chi connectivity index (χ3v) is 30.1. The first-order valence-electron chi connectivity index (χ1n) is 40.8. The van der Waals surface area contributed by atoms with Gasteiger partial charge in [-0.15, -0.1) is 68.0 Å². The molecule has 4 unspecified atom stereocenters. The smallest absolute Gasteiger partial charge is 0.119 e. The van der Waals surface area contributed by atoms with Crippen LogP contribution in [0.15, 0.2) is 120 Å². The molecule has 6 heterocycles. The van der Waals surface area contributed by atoms with E-state index in [1.165, 1.54) is 298 Å². The van der Waals surface area contributed by atoms with Gasteiger partial charge in [0.1, 0.15) is 23.0 Å². The van der Waals surface area contributed by atoms with Gasteiger partial charge in [-0.05, 0) is 169 Å². The molecule has 0 fully saturated rings. The Balaban J connectivity index is 1.02. The number of fused-ring (bicyclic) bond motifs is 13. The molecule has 2 aliphatic carbocycles. The molecule has 0 aliphatic heterocycles. The Morgan fingerprint density at radius 1 is 0.255 bits per heavy atom. The Labute approximate surface area is 638 Å². The van der Waals surface area contributed by atoms with Crippen LogP contribution >= 0.6 is 68.0 Å². The molecule has 0 N–H and O–H groups in total. The first-order valence-corrected chi connectivity index (χ1v) is 45.8. The van der Waals surface area contributed by atoms with Gasteiger partial charge in [0.05, 0.1) is 75.6 Å². The second-order valence-electron chi connectivity index (χ2n) is 30.4. The van der Waals surface area contributed by atoms with E-state index in [9.17, 15) is 0 Å². The minimum Gasteiger partial charge on any atom is -0.493 e. The van der Waals surface area contributed by atoms with E-state index in [0.29, 0.717) is 23.7 Å². The topological polar surface area (TPSA) is 36.9 Å². The van der Waals surface area contributed by atoms with Crippen LogP contribution < -0.4 is 18.9 Å². The van der Waals surface area contributed by atoms with Gasteiger partial charge >= 0.3 is 0 Å². The quantitative estimate of drug-likeness (QED) is 0.0356. The summed E-state index contributed by atoms with van der Waals surface area (Å²) in [6, 6.07) is 43.0. The summed E-state index contributed by atoms with van der Waals surface area (Å²) in [5.41, 5.74) is 9.69. The number of hydrogen-bond acceptors (Lipinski definition) is 10. The molecule has 12 rings (SSSR count). The van der Waals surface area contributed by atoms with Gasteiger partial charge in [0, 0.05) is 31.7 Å². The van der Waals surface area contributed by atoms with E-state index in [2.05, 4.69) is 198 Å². The number of unbranched alkanes of at least 4 members (excludes halogenated alkanes) is 16. The fourth-order valence-corrected chi connectivity index (χ4v) is 25.4. The molecule has 10 aromatic rings. The summed E-state index contributed by atoms with van der Waals surface area (Å²) in [4.78, 5) is 5.69. The molecule has 102 heavy (non-hydrogen) atoms. The Kier molecular flexibility index (Phi) is 28.6. The zero-order valence-corrected chi connectivity index (χ0v) is 68.3. The Morgan fingerprint density at radius 3 is 0.745 bits per heavy atom. The SMILES string of the molecule is CCCCCCC(CCCC)COc1ccc(C2(c3ccc(OCC(CCCC)CCCCCC)cc3)c3c(sc4ccsc34)-c3sc4c5c(sc4c32)-c2sc3ccsc3c2C5(c2ccc(OCC(CCCC)CCCCCC)cc2)c2ccc(OCC(CCCC)CCCCCC)cc2)cc1.